The van der Waals surface area contributed by atoms with Crippen LogP contribution in [0.1, 0.15) is 64.7 Å². The number of rotatable bonds is 12. The second-order valence-corrected chi connectivity index (χ2v) is 7.78. The Bertz CT molecular complexity index is 280. The maximum absolute atomic E-state index is 10.3. The van der Waals surface area contributed by atoms with Gasteiger partial charge in [0.2, 0.25) is 0 Å². The third kappa shape index (κ3) is 14.9. The van der Waals surface area contributed by atoms with Crippen LogP contribution in [0.5, 0.6) is 0 Å². The zero-order chi connectivity index (χ0) is 13.9. The van der Waals surface area contributed by atoms with Crippen molar-refractivity contribution >= 4 is 38.3 Å². The summed E-state index contributed by atoms with van der Waals surface area (Å²) in [6.45, 7) is 2.33. The van der Waals surface area contributed by atoms with Gasteiger partial charge >= 0.3 is 130 Å². The van der Waals surface area contributed by atoms with E-state index in [0.29, 0.717) is 6.42 Å². The van der Waals surface area contributed by atoms with Crippen LogP contribution in [0.3, 0.4) is 0 Å². The van der Waals surface area contributed by atoms with Crippen molar-refractivity contribution in [2.45, 2.75) is 67.9 Å². The molecule has 0 bridgehead atoms. The van der Waals surface area contributed by atoms with Crippen LogP contribution >= 0.6 is 0 Å². The molecular formula is C12H25NaO4S. The van der Waals surface area contributed by atoms with E-state index in [0.717, 1.165) is 16.0 Å². The molecule has 0 fully saturated rings. The normalized spacial score (nSPS) is 13.8. The van der Waals surface area contributed by atoms with Crippen molar-refractivity contribution in [3.8, 4) is 0 Å². The second kappa shape index (κ2) is 11.7. The van der Waals surface area contributed by atoms with Gasteiger partial charge in [-0.25, -0.2) is 0 Å². The van der Waals surface area contributed by atoms with Crippen molar-refractivity contribution in [1.29, 1.82) is 0 Å². The Morgan fingerprint density at radius 1 is 1.06 bits per heavy atom. The number of hydrogen-bond donors (Lipinski definition) is 1. The Hall–Kier alpha value is 0.870. The van der Waals surface area contributed by atoms with E-state index in [2.05, 4.69) is 11.1 Å². The maximum atomic E-state index is 10.3. The van der Waals surface area contributed by atoms with Gasteiger partial charge in [-0.05, 0) is 0 Å². The molecule has 0 amide bonds. The SMILES string of the molecule is CCCCCC[CH]([Na])CCCCCOS(=O)(=O)O. The van der Waals surface area contributed by atoms with Crippen LogP contribution in [0.15, 0.2) is 0 Å². The van der Waals surface area contributed by atoms with Crippen LogP contribution in [0.4, 0.5) is 0 Å². The second-order valence-electron chi connectivity index (χ2n) is 5.05. The van der Waals surface area contributed by atoms with E-state index in [1.165, 1.54) is 66.5 Å². The molecule has 0 heterocycles. The van der Waals surface area contributed by atoms with Crippen LogP contribution < -0.4 is 0 Å². The molecule has 0 aliphatic rings. The van der Waals surface area contributed by atoms with E-state index in [1.807, 2.05) is 0 Å². The van der Waals surface area contributed by atoms with Gasteiger partial charge in [0.15, 0.2) is 0 Å². The summed E-state index contributed by atoms with van der Waals surface area (Å²) in [6, 6.07) is 0. The molecule has 0 aliphatic carbocycles. The van der Waals surface area contributed by atoms with Gasteiger partial charge in [0.1, 0.15) is 0 Å². The molecule has 0 spiro atoms. The van der Waals surface area contributed by atoms with E-state index in [9.17, 15) is 8.42 Å². The van der Waals surface area contributed by atoms with Gasteiger partial charge in [0.05, 0.1) is 0 Å². The zero-order valence-electron chi connectivity index (χ0n) is 11.7. The van der Waals surface area contributed by atoms with Gasteiger partial charge in [-0.1, -0.05) is 0 Å². The van der Waals surface area contributed by atoms with Crippen molar-refractivity contribution in [3.05, 3.63) is 0 Å². The van der Waals surface area contributed by atoms with E-state index < -0.39 is 10.4 Å². The molecule has 0 radical (unpaired) electrons. The molecule has 1 unspecified atom stereocenters. The molecule has 0 rings (SSSR count). The quantitative estimate of drug-likeness (QED) is 0.340. The van der Waals surface area contributed by atoms with Crippen molar-refractivity contribution < 1.29 is 17.2 Å². The standard InChI is InChI=1S/C12H25O4S.Na/c1-2-3-4-5-6-7-8-9-10-11-12-16-17(13,14)15;/h7H,2-6,8-12H2,1H3,(H,13,14,15);. The topological polar surface area (TPSA) is 63.6 Å². The van der Waals surface area contributed by atoms with Gasteiger partial charge < -0.3 is 0 Å². The predicted molar refractivity (Wildman–Crippen MR) is 74.2 cm³/mol. The molecule has 1 atom stereocenters. The van der Waals surface area contributed by atoms with Crippen molar-refractivity contribution in [3.63, 3.8) is 0 Å². The summed E-state index contributed by atoms with van der Waals surface area (Å²) in [7, 11) is -4.24. The van der Waals surface area contributed by atoms with Crippen LogP contribution in [0.25, 0.3) is 0 Å². The fraction of sp³-hybridized carbons (Fsp3) is 1.00. The first-order valence-electron chi connectivity index (χ1n) is 7.07. The first-order chi connectivity index (χ1) is 8.45. The molecular weight excluding hydrogens is 263 g/mol. The summed E-state index contributed by atoms with van der Waals surface area (Å²) in [6.07, 6.45) is 10.8. The molecule has 0 saturated carbocycles. The van der Waals surface area contributed by atoms with Gasteiger partial charge in [-0.3, -0.25) is 0 Å². The first-order valence-corrected chi connectivity index (χ1v) is 9.59. The van der Waals surface area contributed by atoms with Crippen molar-refractivity contribution in [2.75, 3.05) is 6.61 Å². The Balaban J connectivity index is 3.27. The number of unbranched alkanes of at least 4 members (excludes halogenated alkanes) is 5. The van der Waals surface area contributed by atoms with Gasteiger partial charge in [-0.2, -0.15) is 0 Å². The Morgan fingerprint density at radius 2 is 1.61 bits per heavy atom. The number of hydrogen-bond acceptors (Lipinski definition) is 3. The Kier molecular flexibility index (Phi) is 12.2. The summed E-state index contributed by atoms with van der Waals surface area (Å²) in [5.41, 5.74) is 0. The van der Waals surface area contributed by atoms with E-state index >= 15 is 0 Å². The molecule has 6 heteroatoms. The fourth-order valence-corrected chi connectivity index (χ4v) is 3.14. The van der Waals surface area contributed by atoms with Crippen LogP contribution in [-0.4, -0.2) is 47.5 Å². The summed E-state index contributed by atoms with van der Waals surface area (Å²) in [5, 5.41) is 0. The predicted octanol–water partition coefficient (Wildman–Crippen LogP) is 3.29. The molecule has 0 aromatic heterocycles. The van der Waals surface area contributed by atoms with Crippen molar-refractivity contribution in [1.82, 2.24) is 0 Å². The summed E-state index contributed by atoms with van der Waals surface area (Å²) in [4.78, 5) is 0. The van der Waals surface area contributed by atoms with E-state index in [4.69, 9.17) is 4.55 Å². The molecule has 1 N–H and O–H groups in total. The van der Waals surface area contributed by atoms with Crippen molar-refractivity contribution in [2.24, 2.45) is 0 Å². The molecule has 0 saturated heterocycles. The average Bonchev–Trinajstić information content (AvgIpc) is 2.28. The van der Waals surface area contributed by atoms with Crippen LogP contribution in [-0.2, 0) is 14.6 Å². The zero-order valence-corrected chi connectivity index (χ0v) is 14.5. The third-order valence-corrected chi connectivity index (χ3v) is 4.74. The molecule has 0 aliphatic heterocycles. The molecule has 4 nitrogen and oxygen atoms in total. The molecule has 104 valence electrons. The molecule has 18 heavy (non-hydrogen) atoms. The van der Waals surface area contributed by atoms with Gasteiger partial charge in [0.25, 0.3) is 0 Å². The molecule has 0 aromatic rings. The minimum absolute atomic E-state index is 0.0984. The van der Waals surface area contributed by atoms with Crippen LogP contribution in [0, 0.1) is 0 Å². The summed E-state index contributed by atoms with van der Waals surface area (Å²) in [5.74, 6) is 0. The fourth-order valence-electron chi connectivity index (χ4n) is 2.00. The first kappa shape index (κ1) is 18.9. The minimum atomic E-state index is -4.24. The van der Waals surface area contributed by atoms with Gasteiger partial charge in [-0.15, -0.1) is 0 Å². The third-order valence-electron chi connectivity index (χ3n) is 3.12. The van der Waals surface area contributed by atoms with E-state index in [1.54, 1.807) is 0 Å². The van der Waals surface area contributed by atoms with Crippen LogP contribution in [0.2, 0.25) is 3.17 Å². The monoisotopic (exact) mass is 288 g/mol. The average molecular weight is 288 g/mol. The van der Waals surface area contributed by atoms with Gasteiger partial charge in [0, 0.05) is 0 Å². The Morgan fingerprint density at radius 3 is 2.11 bits per heavy atom. The van der Waals surface area contributed by atoms with E-state index in [-0.39, 0.29) is 6.61 Å². The molecule has 0 aromatic carbocycles. The Labute approximate surface area is 129 Å². The summed E-state index contributed by atoms with van der Waals surface area (Å²) >= 11 is 1.25. The summed E-state index contributed by atoms with van der Waals surface area (Å²) < 4.78 is 34.1.